The Bertz CT molecular complexity index is 2370. The highest BCUT2D eigenvalue weighted by Gasteiger charge is 2.52. The van der Waals surface area contributed by atoms with Gasteiger partial charge in [-0.2, -0.15) is 0 Å². The molecule has 2 N–H and O–H groups in total. The number of aliphatic hydroxyl groups is 2. The molecule has 0 spiro atoms. The van der Waals surface area contributed by atoms with E-state index < -0.39 is 102 Å². The van der Waals surface area contributed by atoms with E-state index in [1.165, 1.54) is 12.0 Å². The Morgan fingerprint density at radius 1 is 0.914 bits per heavy atom. The lowest BCUT2D eigenvalue weighted by molar-refractivity contribution is -0.265. The van der Waals surface area contributed by atoms with E-state index in [-0.39, 0.29) is 68.1 Å². The Balaban J connectivity index is 1.29. The summed E-state index contributed by atoms with van der Waals surface area (Å²) in [7, 11) is 3.95. The van der Waals surface area contributed by atoms with E-state index >= 15 is 0 Å². The van der Waals surface area contributed by atoms with E-state index in [0.717, 1.165) is 11.0 Å². The monoisotopic (exact) mass is 1130 g/mol. The third kappa shape index (κ3) is 17.9. The average Bonchev–Trinajstić information content (AvgIpc) is 3.47. The highest BCUT2D eigenvalue weighted by atomic mass is 16.6. The smallest absolute Gasteiger partial charge is 0.461 e. The van der Waals surface area contributed by atoms with E-state index in [4.69, 9.17) is 37.7 Å². The molecule has 15 atom stereocenters. The number of carbonyl (C=O) groups is 6. The first kappa shape index (κ1) is 67.1. The van der Waals surface area contributed by atoms with Crippen molar-refractivity contribution in [3.05, 3.63) is 78.4 Å². The number of ketones is 3. The van der Waals surface area contributed by atoms with Crippen LogP contribution in [0.2, 0.25) is 0 Å². The minimum Gasteiger partial charge on any atom is -0.461 e. The fourth-order valence-corrected chi connectivity index (χ4v) is 11.8. The highest BCUT2D eigenvalue weighted by Crippen LogP contribution is 2.39. The minimum atomic E-state index is -2.37. The van der Waals surface area contributed by atoms with Crippen LogP contribution in [0.4, 0.5) is 0 Å². The first-order valence-electron chi connectivity index (χ1n) is 29.3. The van der Waals surface area contributed by atoms with Crippen molar-refractivity contribution in [3.63, 3.8) is 0 Å². The van der Waals surface area contributed by atoms with Crippen LogP contribution in [0, 0.1) is 46.8 Å². The van der Waals surface area contributed by atoms with Crippen molar-refractivity contribution in [2.24, 2.45) is 46.8 Å². The lowest BCUT2D eigenvalue weighted by atomic mass is 9.75. The number of aliphatic hydroxyl groups excluding tert-OH is 1. The fourth-order valence-electron chi connectivity index (χ4n) is 11.8. The number of allylic oxidation sites excluding steroid dienone is 5. The van der Waals surface area contributed by atoms with Crippen LogP contribution in [-0.4, -0.2) is 154 Å². The maximum absolute atomic E-state index is 14.4. The number of carbonyl (C=O) groups excluding carboxylic acids is 6. The summed E-state index contributed by atoms with van der Waals surface area (Å²) in [6.07, 6.45) is 8.43. The number of hydrogen-bond acceptors (Lipinski definition) is 16. The number of piperidine rings is 1. The van der Waals surface area contributed by atoms with Gasteiger partial charge in [-0.15, -0.1) is 0 Å². The number of hydrogen-bond donors (Lipinski definition) is 2. The SMILES string of the molecule is C=C/C=C/[C@@H](C)C[C@@H](C)C(=O)[C@H](OC)[C@H](O)/C(C)=C/[C@@H](C)C(=O)C[C@H](OC(=O)C1CCCN(C(=O)C(=O)[C@]2(O)O[C@H](C[C@H](OC)/C(C)=C/C)CC[C@H]2C)C1)[C@H](C)C[C@@H]1CC[C@@H](OC(=O)C2(C)COB(c3ccccc3)OC2)[C@H](OC)C1. The number of likely N-dealkylation sites (tertiary alicyclic amines) is 1. The van der Waals surface area contributed by atoms with Crippen LogP contribution in [0.1, 0.15) is 133 Å². The van der Waals surface area contributed by atoms with Crippen LogP contribution in [0.5, 0.6) is 0 Å². The number of benzene rings is 1. The number of Topliss-reactive ketones (excluding diaryl/α,β-unsaturated/α-hetero) is 3. The fraction of sp³-hybridized carbons (Fsp3) is 0.683. The van der Waals surface area contributed by atoms with Gasteiger partial charge in [0.2, 0.25) is 5.79 Å². The molecule has 450 valence electrons. The number of amides is 1. The van der Waals surface area contributed by atoms with E-state index in [1.807, 2.05) is 76.3 Å². The Hall–Kier alpha value is -4.66. The van der Waals surface area contributed by atoms with Crippen LogP contribution in [0.15, 0.2) is 78.4 Å². The summed E-state index contributed by atoms with van der Waals surface area (Å²) in [5.74, 6) is -8.99. The number of nitrogens with zero attached hydrogens (tertiary/aromatic N) is 1. The number of methoxy groups -OCH3 is 3. The predicted octanol–water partition coefficient (Wildman–Crippen LogP) is 7.67. The van der Waals surface area contributed by atoms with Gasteiger partial charge in [0.1, 0.15) is 35.6 Å². The molecule has 1 unspecified atom stereocenters. The molecule has 4 aliphatic rings. The molecule has 5 rings (SSSR count). The first-order valence-corrected chi connectivity index (χ1v) is 29.3. The molecule has 3 heterocycles. The molecule has 17 nitrogen and oxygen atoms in total. The molecule has 1 aromatic carbocycles. The Labute approximate surface area is 482 Å². The summed E-state index contributed by atoms with van der Waals surface area (Å²) in [5, 5.41) is 23.3. The molecule has 0 radical (unpaired) electrons. The summed E-state index contributed by atoms with van der Waals surface area (Å²) < 4.78 is 47.8. The molecule has 1 saturated carbocycles. The van der Waals surface area contributed by atoms with E-state index in [2.05, 4.69) is 6.58 Å². The summed E-state index contributed by atoms with van der Waals surface area (Å²) in [6, 6.07) is 9.52. The van der Waals surface area contributed by atoms with Gasteiger partial charge in [-0.05, 0) is 120 Å². The van der Waals surface area contributed by atoms with Gasteiger partial charge in [0.05, 0.1) is 24.2 Å². The van der Waals surface area contributed by atoms with Gasteiger partial charge in [-0.3, -0.25) is 28.8 Å². The van der Waals surface area contributed by atoms with Gasteiger partial charge < -0.3 is 52.8 Å². The lowest BCUT2D eigenvalue weighted by Gasteiger charge is -2.42. The van der Waals surface area contributed by atoms with Gasteiger partial charge in [0, 0.05) is 78.2 Å². The van der Waals surface area contributed by atoms with Crippen LogP contribution in [-0.2, 0) is 66.5 Å². The lowest BCUT2D eigenvalue weighted by Crippen LogP contribution is -2.59. The molecule has 1 amide bonds. The van der Waals surface area contributed by atoms with Gasteiger partial charge in [0.15, 0.2) is 5.78 Å². The third-order valence-corrected chi connectivity index (χ3v) is 17.4. The molecule has 3 saturated heterocycles. The second kappa shape index (κ2) is 31.3. The van der Waals surface area contributed by atoms with Crippen molar-refractivity contribution in [2.75, 3.05) is 47.6 Å². The molecule has 3 aliphatic heterocycles. The Morgan fingerprint density at radius 3 is 2.23 bits per heavy atom. The Kier molecular flexibility index (Phi) is 25.9. The second-order valence-corrected chi connectivity index (χ2v) is 23.9. The maximum Gasteiger partial charge on any atom is 0.493 e. The van der Waals surface area contributed by atoms with Gasteiger partial charge in [0.25, 0.3) is 11.7 Å². The molecule has 81 heavy (non-hydrogen) atoms. The average molecular weight is 1130 g/mol. The largest absolute Gasteiger partial charge is 0.493 e. The van der Waals surface area contributed by atoms with Crippen molar-refractivity contribution >= 4 is 47.8 Å². The summed E-state index contributed by atoms with van der Waals surface area (Å²) in [4.78, 5) is 85.6. The topological polar surface area (TPSA) is 220 Å². The van der Waals surface area contributed by atoms with Crippen LogP contribution in [0.25, 0.3) is 0 Å². The maximum atomic E-state index is 14.4. The number of esters is 2. The van der Waals surface area contributed by atoms with Gasteiger partial charge in [-0.25, -0.2) is 0 Å². The van der Waals surface area contributed by atoms with Crippen LogP contribution >= 0.6 is 0 Å². The zero-order chi connectivity index (χ0) is 59.8. The zero-order valence-electron chi connectivity index (χ0n) is 50.3. The van der Waals surface area contributed by atoms with Crippen molar-refractivity contribution in [1.82, 2.24) is 4.90 Å². The quantitative estimate of drug-likeness (QED) is 0.0270. The minimum absolute atomic E-state index is 0.0255. The molecular weight excluding hydrogens is 1040 g/mol. The third-order valence-electron chi connectivity index (χ3n) is 17.4. The summed E-state index contributed by atoms with van der Waals surface area (Å²) in [5.41, 5.74) is 1.17. The molecule has 0 bridgehead atoms. The van der Waals surface area contributed by atoms with Gasteiger partial charge in [-0.1, -0.05) is 102 Å². The number of ether oxygens (including phenoxy) is 6. The molecular formula is C63H94BNO16. The molecule has 0 aromatic heterocycles. The van der Waals surface area contributed by atoms with Crippen molar-refractivity contribution < 1.29 is 76.7 Å². The van der Waals surface area contributed by atoms with Gasteiger partial charge >= 0.3 is 19.1 Å². The predicted molar refractivity (Wildman–Crippen MR) is 308 cm³/mol. The van der Waals surface area contributed by atoms with Crippen molar-refractivity contribution in [2.45, 2.75) is 181 Å². The molecule has 1 aromatic rings. The van der Waals surface area contributed by atoms with E-state index in [1.54, 1.807) is 61.0 Å². The molecule has 18 heteroatoms. The van der Waals surface area contributed by atoms with E-state index in [0.29, 0.717) is 69.8 Å². The van der Waals surface area contributed by atoms with Crippen molar-refractivity contribution in [3.8, 4) is 0 Å². The molecule has 4 fully saturated rings. The second-order valence-electron chi connectivity index (χ2n) is 23.9. The Morgan fingerprint density at radius 2 is 1.60 bits per heavy atom. The van der Waals surface area contributed by atoms with Crippen molar-refractivity contribution in [1.29, 1.82) is 0 Å². The van der Waals surface area contributed by atoms with E-state index in [9.17, 15) is 39.0 Å². The first-order chi connectivity index (χ1) is 38.4. The molecule has 1 aliphatic carbocycles. The number of rotatable bonds is 28. The zero-order valence-corrected chi connectivity index (χ0v) is 50.3. The normalized spacial score (nSPS) is 27.7. The summed E-state index contributed by atoms with van der Waals surface area (Å²) >= 11 is 0. The standard InChI is InChI=1S/C63H94BNO16/c1-14-16-21-39(3)30-43(7)55(67)57(76-13)56(68)44(8)31-41(5)50(66)35-53(42(6)32-46-26-28-51(54(33-46)75-12)80-61(72)62(10)37-77-64(78-38-62)48-23-18-17-19-24-48)79-60(71)47-22-20-29-65(36-47)59(70)58(69)63(73)45(9)25-27-49(81-63)34-52(74-11)40(4)15-2/h14-19,21,23-24,31,39,41-43,45-47,49,51-54,56-57,68,73H,1,20,22,25-30,32-38H2,2-13H3/b21-16+,40-15+,44-31+/t39-,41-,42-,43-,45-,46+,47?,49+,51-,52+,53+,54-,56-,57+,63-/m1/s1. The van der Waals surface area contributed by atoms with Crippen LogP contribution < -0.4 is 5.46 Å². The summed E-state index contributed by atoms with van der Waals surface area (Å²) in [6.45, 7) is 20.3. The highest BCUT2D eigenvalue weighted by molar-refractivity contribution is 6.61. The van der Waals surface area contributed by atoms with Crippen LogP contribution in [0.3, 0.4) is 0 Å².